The molecular weight excluding hydrogens is 404 g/mol. The molecule has 1 aliphatic carbocycles. The van der Waals surface area contributed by atoms with Gasteiger partial charge in [0.15, 0.2) is 12.4 Å². The fraction of sp³-hybridized carbons (Fsp3) is 0.130. The highest BCUT2D eigenvalue weighted by atomic mass is 79.9. The van der Waals surface area contributed by atoms with Crippen LogP contribution in [0.1, 0.15) is 27.0 Å². The highest BCUT2D eigenvalue weighted by molar-refractivity contribution is 9.10. The molecule has 0 unspecified atom stereocenters. The molecule has 4 heteroatoms. The van der Waals surface area contributed by atoms with E-state index in [1.165, 1.54) is 22.6 Å². The van der Waals surface area contributed by atoms with Crippen molar-refractivity contribution in [3.63, 3.8) is 0 Å². The van der Waals surface area contributed by atoms with E-state index in [4.69, 9.17) is 4.74 Å². The van der Waals surface area contributed by atoms with Gasteiger partial charge in [0.05, 0.1) is 0 Å². The number of halogens is 1. The number of carbonyl (C=O) groups excluding carboxylic acids is 2. The number of rotatable bonds is 5. The first-order valence-electron chi connectivity index (χ1n) is 8.79. The van der Waals surface area contributed by atoms with E-state index >= 15 is 0 Å². The number of hydrogen-bond donors (Lipinski definition) is 0. The molecule has 0 aliphatic heterocycles. The molecular formula is C23H17BrO3. The van der Waals surface area contributed by atoms with Crippen molar-refractivity contribution in [2.45, 2.75) is 12.8 Å². The average molecular weight is 421 g/mol. The van der Waals surface area contributed by atoms with Crippen molar-refractivity contribution < 1.29 is 14.3 Å². The van der Waals surface area contributed by atoms with E-state index in [9.17, 15) is 9.59 Å². The zero-order valence-corrected chi connectivity index (χ0v) is 16.2. The smallest absolute Gasteiger partial charge is 0.331 e. The van der Waals surface area contributed by atoms with E-state index in [1.54, 1.807) is 30.3 Å². The molecule has 0 bridgehead atoms. The molecule has 3 aromatic carbocycles. The van der Waals surface area contributed by atoms with Gasteiger partial charge in [-0.1, -0.05) is 58.4 Å². The summed E-state index contributed by atoms with van der Waals surface area (Å²) in [5, 5.41) is 2.45. The van der Waals surface area contributed by atoms with E-state index in [0.29, 0.717) is 5.56 Å². The molecule has 0 fully saturated rings. The SMILES string of the molecule is O=C(/C=C/c1ccc2c3c(cccc13)CC2)OCC(=O)c1ccc(Br)cc1. The Morgan fingerprint density at radius 3 is 2.48 bits per heavy atom. The van der Waals surface area contributed by atoms with E-state index < -0.39 is 5.97 Å². The summed E-state index contributed by atoms with van der Waals surface area (Å²) in [5.74, 6) is -0.752. The highest BCUT2D eigenvalue weighted by Crippen LogP contribution is 2.33. The maximum atomic E-state index is 12.1. The van der Waals surface area contributed by atoms with Crippen molar-refractivity contribution >= 4 is 44.5 Å². The highest BCUT2D eigenvalue weighted by Gasteiger charge is 2.15. The average Bonchev–Trinajstić information content (AvgIpc) is 3.11. The Labute approximate surface area is 165 Å². The van der Waals surface area contributed by atoms with E-state index in [2.05, 4.69) is 40.2 Å². The second-order valence-corrected chi connectivity index (χ2v) is 7.44. The lowest BCUT2D eigenvalue weighted by Gasteiger charge is -2.06. The van der Waals surface area contributed by atoms with Crippen LogP contribution in [0.15, 0.2) is 65.1 Å². The van der Waals surface area contributed by atoms with Gasteiger partial charge in [-0.3, -0.25) is 4.79 Å². The Morgan fingerprint density at radius 2 is 1.70 bits per heavy atom. The summed E-state index contributed by atoms with van der Waals surface area (Å²) in [6, 6.07) is 17.4. The van der Waals surface area contributed by atoms with Gasteiger partial charge in [0.2, 0.25) is 0 Å². The van der Waals surface area contributed by atoms with E-state index in [-0.39, 0.29) is 12.4 Å². The molecule has 3 nitrogen and oxygen atoms in total. The topological polar surface area (TPSA) is 43.4 Å². The van der Waals surface area contributed by atoms with E-state index in [0.717, 1.165) is 28.3 Å². The van der Waals surface area contributed by atoms with Crippen LogP contribution in [-0.4, -0.2) is 18.4 Å². The van der Waals surface area contributed by atoms with Gasteiger partial charge in [0, 0.05) is 16.1 Å². The van der Waals surface area contributed by atoms with Crippen molar-refractivity contribution in [3.05, 3.63) is 87.4 Å². The van der Waals surface area contributed by atoms with Crippen LogP contribution in [0.4, 0.5) is 0 Å². The summed E-state index contributed by atoms with van der Waals surface area (Å²) >= 11 is 3.32. The summed E-state index contributed by atoms with van der Waals surface area (Å²) < 4.78 is 5.99. The third-order valence-electron chi connectivity index (χ3n) is 4.82. The minimum atomic E-state index is -0.524. The number of hydrogen-bond acceptors (Lipinski definition) is 3. The third-order valence-corrected chi connectivity index (χ3v) is 5.35. The molecule has 27 heavy (non-hydrogen) atoms. The Morgan fingerprint density at radius 1 is 0.963 bits per heavy atom. The molecule has 134 valence electrons. The normalized spacial score (nSPS) is 12.6. The Hall–Kier alpha value is -2.72. The standard InChI is InChI=1S/C23H17BrO3/c24-19-11-8-16(9-12-19)21(25)14-27-22(26)13-10-15-4-5-18-7-6-17-2-1-3-20(15)23(17)18/h1-5,8-13H,6-7,14H2/b13-10+. The van der Waals surface area contributed by atoms with Gasteiger partial charge in [-0.25, -0.2) is 4.79 Å². The second kappa shape index (κ2) is 7.49. The second-order valence-electron chi connectivity index (χ2n) is 6.52. The lowest BCUT2D eigenvalue weighted by Crippen LogP contribution is -2.12. The van der Waals surface area contributed by atoms with Gasteiger partial charge >= 0.3 is 5.97 Å². The largest absolute Gasteiger partial charge is 0.454 e. The van der Waals surface area contributed by atoms with Crippen LogP contribution in [-0.2, 0) is 22.4 Å². The molecule has 0 amide bonds. The van der Waals surface area contributed by atoms with Gasteiger partial charge in [0.25, 0.3) is 0 Å². The summed E-state index contributed by atoms with van der Waals surface area (Å²) in [6.45, 7) is -0.269. The van der Waals surface area contributed by atoms with Crippen molar-refractivity contribution in [2.75, 3.05) is 6.61 Å². The van der Waals surface area contributed by atoms with Crippen molar-refractivity contribution in [2.24, 2.45) is 0 Å². The molecule has 0 atom stereocenters. The number of ether oxygens (including phenoxy) is 1. The van der Waals surface area contributed by atoms with Crippen molar-refractivity contribution in [3.8, 4) is 0 Å². The van der Waals surface area contributed by atoms with Crippen LogP contribution in [0, 0.1) is 0 Å². The summed E-state index contributed by atoms with van der Waals surface area (Å²) in [5.41, 5.74) is 4.22. The fourth-order valence-electron chi connectivity index (χ4n) is 3.48. The van der Waals surface area contributed by atoms with Crippen molar-refractivity contribution in [1.82, 2.24) is 0 Å². The minimum Gasteiger partial charge on any atom is -0.454 e. The van der Waals surface area contributed by atoms with Gasteiger partial charge in [-0.2, -0.15) is 0 Å². The molecule has 3 aromatic rings. The molecule has 1 aliphatic rings. The molecule has 4 rings (SSSR count). The molecule has 0 saturated carbocycles. The molecule has 0 N–H and O–H groups in total. The van der Waals surface area contributed by atoms with Crippen LogP contribution >= 0.6 is 15.9 Å². The first-order chi connectivity index (χ1) is 13.1. The number of benzene rings is 3. The zero-order valence-electron chi connectivity index (χ0n) is 14.6. The summed E-state index contributed by atoms with van der Waals surface area (Å²) in [6.07, 6.45) is 5.28. The number of Topliss-reactive ketones (excluding diaryl/α,β-unsaturated/α-hetero) is 1. The quantitative estimate of drug-likeness (QED) is 0.326. The van der Waals surface area contributed by atoms with Crippen molar-refractivity contribution in [1.29, 1.82) is 0 Å². The minimum absolute atomic E-state index is 0.227. The van der Waals surface area contributed by atoms with Crippen LogP contribution < -0.4 is 0 Å². The maximum absolute atomic E-state index is 12.1. The Bertz CT molecular complexity index is 1050. The number of ketones is 1. The maximum Gasteiger partial charge on any atom is 0.331 e. The van der Waals surface area contributed by atoms with Gasteiger partial charge in [-0.05, 0) is 58.5 Å². The Kier molecular flexibility index (Phi) is 4.90. The van der Waals surface area contributed by atoms with Crippen LogP contribution in [0.3, 0.4) is 0 Å². The van der Waals surface area contributed by atoms with Crippen LogP contribution in [0.2, 0.25) is 0 Å². The molecule has 0 heterocycles. The molecule has 0 radical (unpaired) electrons. The third kappa shape index (κ3) is 3.71. The number of esters is 1. The molecule has 0 saturated heterocycles. The predicted molar refractivity (Wildman–Crippen MR) is 110 cm³/mol. The van der Waals surface area contributed by atoms with Gasteiger partial charge in [-0.15, -0.1) is 0 Å². The lowest BCUT2D eigenvalue weighted by atomic mass is 10.00. The molecule has 0 spiro atoms. The summed E-state index contributed by atoms with van der Waals surface area (Å²) in [7, 11) is 0. The zero-order chi connectivity index (χ0) is 18.8. The lowest BCUT2D eigenvalue weighted by molar-refractivity contribution is -0.136. The summed E-state index contributed by atoms with van der Waals surface area (Å²) in [4.78, 5) is 24.1. The monoisotopic (exact) mass is 420 g/mol. The van der Waals surface area contributed by atoms with Gasteiger partial charge in [0.1, 0.15) is 0 Å². The predicted octanol–water partition coefficient (Wildman–Crippen LogP) is 5.14. The molecule has 0 aromatic heterocycles. The van der Waals surface area contributed by atoms with E-state index in [1.807, 2.05) is 6.07 Å². The van der Waals surface area contributed by atoms with Crippen LogP contribution in [0.5, 0.6) is 0 Å². The van der Waals surface area contributed by atoms with Gasteiger partial charge < -0.3 is 4.74 Å². The fourth-order valence-corrected chi connectivity index (χ4v) is 3.74. The number of carbonyl (C=O) groups is 2. The number of aryl methyl sites for hydroxylation is 2. The first-order valence-corrected chi connectivity index (χ1v) is 9.58. The van der Waals surface area contributed by atoms with Crippen LogP contribution in [0.25, 0.3) is 16.8 Å². The first kappa shape index (κ1) is 17.7. The Balaban J connectivity index is 1.44.